The van der Waals surface area contributed by atoms with Crippen LogP contribution in [0.25, 0.3) is 0 Å². The lowest BCUT2D eigenvalue weighted by Gasteiger charge is -2.33. The molecule has 1 saturated heterocycles. The smallest absolute Gasteiger partial charge is 0.253 e. The Kier molecular flexibility index (Phi) is 6.02. The highest BCUT2D eigenvalue weighted by atomic mass is 16.5. The van der Waals surface area contributed by atoms with Gasteiger partial charge in [0.2, 0.25) is 5.91 Å². The van der Waals surface area contributed by atoms with E-state index in [0.29, 0.717) is 24.6 Å². The van der Waals surface area contributed by atoms with E-state index in [4.69, 9.17) is 4.74 Å². The van der Waals surface area contributed by atoms with Crippen molar-refractivity contribution < 1.29 is 14.3 Å². The Morgan fingerprint density at radius 1 is 1.30 bits per heavy atom. The molecule has 0 bridgehead atoms. The normalized spacial score (nSPS) is 17.9. The molecule has 5 heteroatoms. The van der Waals surface area contributed by atoms with E-state index in [1.54, 1.807) is 31.4 Å². The van der Waals surface area contributed by atoms with Crippen molar-refractivity contribution in [2.75, 3.05) is 26.7 Å². The molecule has 126 valence electrons. The Bertz CT molecular complexity index is 540. The molecule has 2 rings (SSSR count). The Morgan fingerprint density at radius 2 is 2.00 bits per heavy atom. The zero-order valence-corrected chi connectivity index (χ0v) is 14.2. The van der Waals surface area contributed by atoms with Crippen LogP contribution in [0.4, 0.5) is 0 Å². The van der Waals surface area contributed by atoms with Crippen LogP contribution in [0.1, 0.15) is 37.0 Å². The second-order valence-corrected chi connectivity index (χ2v) is 6.39. The lowest BCUT2D eigenvalue weighted by Crippen LogP contribution is -2.44. The van der Waals surface area contributed by atoms with Crippen LogP contribution >= 0.6 is 0 Å². The van der Waals surface area contributed by atoms with Crippen LogP contribution in [-0.2, 0) is 4.79 Å². The summed E-state index contributed by atoms with van der Waals surface area (Å²) in [5, 5.41) is 2.97. The van der Waals surface area contributed by atoms with Gasteiger partial charge >= 0.3 is 0 Å². The minimum Gasteiger partial charge on any atom is -0.497 e. The maximum atomic E-state index is 12.6. The largest absolute Gasteiger partial charge is 0.497 e. The molecular weight excluding hydrogens is 292 g/mol. The van der Waals surface area contributed by atoms with Gasteiger partial charge in [-0.2, -0.15) is 0 Å². The number of methoxy groups -OCH3 is 1. The van der Waals surface area contributed by atoms with E-state index < -0.39 is 0 Å². The molecule has 0 aromatic heterocycles. The number of carbonyl (C=O) groups excluding carboxylic acids is 2. The van der Waals surface area contributed by atoms with Crippen LogP contribution in [0.2, 0.25) is 0 Å². The summed E-state index contributed by atoms with van der Waals surface area (Å²) in [4.78, 5) is 26.2. The monoisotopic (exact) mass is 318 g/mol. The molecule has 5 nitrogen and oxygen atoms in total. The van der Waals surface area contributed by atoms with Crippen molar-refractivity contribution in [1.29, 1.82) is 0 Å². The van der Waals surface area contributed by atoms with Crippen molar-refractivity contribution in [3.8, 4) is 5.75 Å². The van der Waals surface area contributed by atoms with Crippen LogP contribution in [0.15, 0.2) is 24.3 Å². The number of likely N-dealkylation sites (tertiary alicyclic amines) is 1. The average Bonchev–Trinajstić information content (AvgIpc) is 2.59. The molecule has 1 heterocycles. The summed E-state index contributed by atoms with van der Waals surface area (Å²) in [6, 6.07) is 7.20. The fraction of sp³-hybridized carbons (Fsp3) is 0.556. The van der Waals surface area contributed by atoms with Gasteiger partial charge in [-0.1, -0.05) is 13.8 Å². The van der Waals surface area contributed by atoms with Gasteiger partial charge in [0.1, 0.15) is 5.75 Å². The second kappa shape index (κ2) is 7.99. The van der Waals surface area contributed by atoms with Gasteiger partial charge in [0.15, 0.2) is 0 Å². The van der Waals surface area contributed by atoms with Gasteiger partial charge in [0.05, 0.1) is 7.11 Å². The number of hydrogen-bond donors (Lipinski definition) is 1. The number of nitrogens with one attached hydrogen (secondary N) is 1. The van der Waals surface area contributed by atoms with Crippen molar-refractivity contribution in [1.82, 2.24) is 10.2 Å². The fourth-order valence-electron chi connectivity index (χ4n) is 2.78. The topological polar surface area (TPSA) is 58.6 Å². The van der Waals surface area contributed by atoms with Gasteiger partial charge < -0.3 is 15.0 Å². The van der Waals surface area contributed by atoms with E-state index in [9.17, 15) is 9.59 Å². The molecule has 1 aromatic rings. The van der Waals surface area contributed by atoms with Crippen LogP contribution in [0.5, 0.6) is 5.75 Å². The number of amides is 2. The number of piperidine rings is 1. The van der Waals surface area contributed by atoms with Crippen LogP contribution < -0.4 is 10.1 Å². The Morgan fingerprint density at radius 3 is 2.61 bits per heavy atom. The number of hydrogen-bond acceptors (Lipinski definition) is 3. The standard InChI is InChI=1S/C18H26N2O3/c1-13(2)17(21)19-11-14-5-4-10-20(12-14)18(22)15-6-8-16(23-3)9-7-15/h6-9,13-14H,4-5,10-12H2,1-3H3,(H,19,21)/t14-/m1/s1. The van der Waals surface area contributed by atoms with Crippen molar-refractivity contribution >= 4 is 11.8 Å². The highest BCUT2D eigenvalue weighted by Gasteiger charge is 2.25. The minimum atomic E-state index is -0.00405. The molecule has 2 amide bonds. The van der Waals surface area contributed by atoms with Crippen molar-refractivity contribution in [3.63, 3.8) is 0 Å². The van der Waals surface area contributed by atoms with E-state index in [1.165, 1.54) is 0 Å². The second-order valence-electron chi connectivity index (χ2n) is 6.39. The first kappa shape index (κ1) is 17.3. The van der Waals surface area contributed by atoms with Crippen molar-refractivity contribution in [2.24, 2.45) is 11.8 Å². The lowest BCUT2D eigenvalue weighted by molar-refractivity contribution is -0.124. The van der Waals surface area contributed by atoms with Gasteiger partial charge in [-0.05, 0) is 43.0 Å². The van der Waals surface area contributed by atoms with Gasteiger partial charge in [-0.25, -0.2) is 0 Å². The first-order chi connectivity index (χ1) is 11.0. The van der Waals surface area contributed by atoms with Crippen molar-refractivity contribution in [2.45, 2.75) is 26.7 Å². The quantitative estimate of drug-likeness (QED) is 0.906. The molecule has 1 N–H and O–H groups in total. The molecule has 1 aliphatic rings. The zero-order valence-electron chi connectivity index (χ0n) is 14.2. The average molecular weight is 318 g/mol. The molecule has 1 aromatic carbocycles. The zero-order chi connectivity index (χ0) is 16.8. The van der Waals surface area contributed by atoms with E-state index in [0.717, 1.165) is 25.1 Å². The highest BCUT2D eigenvalue weighted by molar-refractivity contribution is 5.94. The number of benzene rings is 1. The summed E-state index contributed by atoms with van der Waals surface area (Å²) < 4.78 is 5.12. The van der Waals surface area contributed by atoms with Crippen LogP contribution in [0, 0.1) is 11.8 Å². The maximum Gasteiger partial charge on any atom is 0.253 e. The first-order valence-corrected chi connectivity index (χ1v) is 8.22. The summed E-state index contributed by atoms with van der Waals surface area (Å²) in [6.07, 6.45) is 2.02. The molecule has 1 atom stereocenters. The van der Waals surface area contributed by atoms with Gasteiger partial charge in [-0.3, -0.25) is 9.59 Å². The van der Waals surface area contributed by atoms with Crippen molar-refractivity contribution in [3.05, 3.63) is 29.8 Å². The summed E-state index contributed by atoms with van der Waals surface area (Å²) >= 11 is 0. The minimum absolute atomic E-state index is 0.00405. The number of rotatable bonds is 5. The molecule has 0 saturated carbocycles. The molecule has 23 heavy (non-hydrogen) atoms. The molecule has 0 radical (unpaired) electrons. The summed E-state index contributed by atoms with van der Waals surface area (Å²) in [5.74, 6) is 1.19. The molecule has 1 fully saturated rings. The first-order valence-electron chi connectivity index (χ1n) is 8.22. The van der Waals surface area contributed by atoms with Gasteiger partial charge in [0.25, 0.3) is 5.91 Å². The van der Waals surface area contributed by atoms with Crippen LogP contribution in [-0.4, -0.2) is 43.5 Å². The predicted molar refractivity (Wildman–Crippen MR) is 89.5 cm³/mol. The number of nitrogens with zero attached hydrogens (tertiary/aromatic N) is 1. The number of ether oxygens (including phenoxy) is 1. The SMILES string of the molecule is COc1ccc(C(=O)N2CCC[C@H](CNC(=O)C(C)C)C2)cc1. The van der Waals surface area contributed by atoms with E-state index in [2.05, 4.69) is 5.32 Å². The number of carbonyl (C=O) groups is 2. The third-order valence-corrected chi connectivity index (χ3v) is 4.23. The summed E-state index contributed by atoms with van der Waals surface area (Å²) in [6.45, 7) is 5.89. The van der Waals surface area contributed by atoms with Gasteiger partial charge in [-0.15, -0.1) is 0 Å². The maximum absolute atomic E-state index is 12.6. The summed E-state index contributed by atoms with van der Waals surface area (Å²) in [5.41, 5.74) is 0.678. The molecule has 0 unspecified atom stereocenters. The molecule has 0 aliphatic carbocycles. The molecule has 1 aliphatic heterocycles. The highest BCUT2D eigenvalue weighted by Crippen LogP contribution is 2.19. The van der Waals surface area contributed by atoms with Gasteiger partial charge in [0, 0.05) is 31.1 Å². The predicted octanol–water partition coefficient (Wildman–Crippen LogP) is 2.32. The fourth-order valence-corrected chi connectivity index (χ4v) is 2.78. The third-order valence-electron chi connectivity index (χ3n) is 4.23. The lowest BCUT2D eigenvalue weighted by atomic mass is 9.97. The Labute approximate surface area is 138 Å². The molecular formula is C18H26N2O3. The van der Waals surface area contributed by atoms with Crippen LogP contribution in [0.3, 0.4) is 0 Å². The third kappa shape index (κ3) is 4.71. The van der Waals surface area contributed by atoms with E-state index >= 15 is 0 Å². The Balaban J connectivity index is 1.91. The van der Waals surface area contributed by atoms with E-state index in [-0.39, 0.29) is 17.7 Å². The summed E-state index contributed by atoms with van der Waals surface area (Å²) in [7, 11) is 1.61. The Hall–Kier alpha value is -2.04. The molecule has 0 spiro atoms. The van der Waals surface area contributed by atoms with E-state index in [1.807, 2.05) is 18.7 Å².